The van der Waals surface area contributed by atoms with Crippen molar-refractivity contribution in [3.05, 3.63) is 0 Å². The molecule has 0 heterocycles. The topological polar surface area (TPSA) is 35.5 Å². The van der Waals surface area contributed by atoms with Crippen LogP contribution < -0.4 is 5.32 Å². The molecule has 0 aromatic rings. The van der Waals surface area contributed by atoms with E-state index < -0.39 is 0 Å². The van der Waals surface area contributed by atoms with Gasteiger partial charge in [0.15, 0.2) is 0 Å². The van der Waals surface area contributed by atoms with Gasteiger partial charge < -0.3 is 15.3 Å². The summed E-state index contributed by atoms with van der Waals surface area (Å²) in [5.41, 5.74) is 0.265. The summed E-state index contributed by atoms with van der Waals surface area (Å²) in [6.07, 6.45) is 0.875. The number of aliphatic hydroxyl groups excluding tert-OH is 1. The van der Waals surface area contributed by atoms with Gasteiger partial charge in [0, 0.05) is 25.7 Å². The second-order valence-corrected chi connectivity index (χ2v) is 5.21. The molecule has 16 heavy (non-hydrogen) atoms. The van der Waals surface area contributed by atoms with E-state index in [0.717, 1.165) is 32.6 Å². The number of hydrogen-bond donors (Lipinski definition) is 2. The molecule has 3 heteroatoms. The minimum absolute atomic E-state index is 0.265. The number of rotatable bonds is 9. The van der Waals surface area contributed by atoms with Gasteiger partial charge in [0.1, 0.15) is 0 Å². The second kappa shape index (κ2) is 8.04. The third-order valence-electron chi connectivity index (χ3n) is 3.39. The van der Waals surface area contributed by atoms with Gasteiger partial charge in [-0.2, -0.15) is 0 Å². The average molecular weight is 230 g/mol. The van der Waals surface area contributed by atoms with Crippen LogP contribution in [-0.2, 0) is 0 Å². The fraction of sp³-hybridized carbons (Fsp3) is 1.00. The van der Waals surface area contributed by atoms with Gasteiger partial charge in [0.05, 0.1) is 0 Å². The van der Waals surface area contributed by atoms with Crippen molar-refractivity contribution >= 4 is 0 Å². The Hall–Kier alpha value is -0.120. The molecular formula is C13H30N2O. The summed E-state index contributed by atoms with van der Waals surface area (Å²) in [7, 11) is 0. The van der Waals surface area contributed by atoms with Crippen LogP contribution >= 0.6 is 0 Å². The molecule has 3 nitrogen and oxygen atoms in total. The first-order chi connectivity index (χ1) is 7.47. The lowest BCUT2D eigenvalue weighted by Crippen LogP contribution is -2.47. The summed E-state index contributed by atoms with van der Waals surface area (Å²) in [6, 6.07) is 0.515. The highest BCUT2D eigenvalue weighted by Crippen LogP contribution is 2.22. The molecule has 0 amide bonds. The molecule has 0 spiro atoms. The quantitative estimate of drug-likeness (QED) is 0.633. The molecule has 1 unspecified atom stereocenters. The third-order valence-corrected chi connectivity index (χ3v) is 3.39. The molecule has 1 atom stereocenters. The lowest BCUT2D eigenvalue weighted by molar-refractivity contribution is 0.139. The minimum atomic E-state index is 0.265. The van der Waals surface area contributed by atoms with E-state index in [2.05, 4.69) is 44.8 Å². The van der Waals surface area contributed by atoms with Crippen LogP contribution in [0, 0.1) is 5.41 Å². The van der Waals surface area contributed by atoms with Crippen molar-refractivity contribution in [3.63, 3.8) is 0 Å². The lowest BCUT2D eigenvalue weighted by Gasteiger charge is -2.37. The fourth-order valence-electron chi connectivity index (χ4n) is 1.94. The number of nitrogens with zero attached hydrogens (tertiary/aromatic N) is 1. The molecule has 98 valence electrons. The van der Waals surface area contributed by atoms with Crippen LogP contribution in [0.1, 0.15) is 41.0 Å². The Morgan fingerprint density at radius 1 is 1.31 bits per heavy atom. The Morgan fingerprint density at radius 2 is 1.94 bits per heavy atom. The molecule has 0 fully saturated rings. The van der Waals surface area contributed by atoms with Gasteiger partial charge in [-0.05, 0) is 31.8 Å². The number of nitrogens with one attached hydrogen (secondary N) is 1. The molecule has 0 rings (SSSR count). The Bertz CT molecular complexity index is 171. The van der Waals surface area contributed by atoms with Crippen LogP contribution in [0.15, 0.2) is 0 Å². The summed E-state index contributed by atoms with van der Waals surface area (Å²) in [6.45, 7) is 15.6. The predicted molar refractivity (Wildman–Crippen MR) is 70.7 cm³/mol. The minimum Gasteiger partial charge on any atom is -0.396 e. The first-order valence-corrected chi connectivity index (χ1v) is 6.54. The summed E-state index contributed by atoms with van der Waals surface area (Å²) in [4.78, 5) is 2.42. The highest BCUT2D eigenvalue weighted by atomic mass is 16.3. The molecule has 0 aromatic heterocycles. The molecule has 0 bridgehead atoms. The van der Waals surface area contributed by atoms with E-state index in [9.17, 15) is 0 Å². The third kappa shape index (κ3) is 5.83. The highest BCUT2D eigenvalue weighted by Gasteiger charge is 2.27. The van der Waals surface area contributed by atoms with Gasteiger partial charge >= 0.3 is 0 Å². The summed E-state index contributed by atoms with van der Waals surface area (Å²) in [5, 5.41) is 12.4. The largest absolute Gasteiger partial charge is 0.396 e. The highest BCUT2D eigenvalue weighted by molar-refractivity contribution is 4.83. The van der Waals surface area contributed by atoms with Crippen LogP contribution in [0.4, 0.5) is 0 Å². The zero-order valence-electron chi connectivity index (χ0n) is 11.7. The monoisotopic (exact) mass is 230 g/mol. The summed E-state index contributed by atoms with van der Waals surface area (Å²) < 4.78 is 0. The molecule has 0 saturated heterocycles. The predicted octanol–water partition coefficient (Wildman–Crippen LogP) is 1.71. The maximum absolute atomic E-state index is 8.86. The van der Waals surface area contributed by atoms with E-state index in [-0.39, 0.29) is 5.41 Å². The smallest absolute Gasteiger partial charge is 0.0443 e. The van der Waals surface area contributed by atoms with Gasteiger partial charge in [0.25, 0.3) is 0 Å². The van der Waals surface area contributed by atoms with Crippen LogP contribution in [0.5, 0.6) is 0 Å². The van der Waals surface area contributed by atoms with E-state index >= 15 is 0 Å². The van der Waals surface area contributed by atoms with E-state index in [1.807, 2.05) is 0 Å². The van der Waals surface area contributed by atoms with Crippen molar-refractivity contribution in [2.75, 3.05) is 32.8 Å². The lowest BCUT2D eigenvalue weighted by atomic mass is 9.84. The zero-order chi connectivity index (χ0) is 12.6. The molecule has 0 radical (unpaired) electrons. The average Bonchev–Trinajstić information content (AvgIpc) is 2.24. The normalized spacial score (nSPS) is 14.4. The van der Waals surface area contributed by atoms with Crippen molar-refractivity contribution < 1.29 is 5.11 Å². The van der Waals surface area contributed by atoms with Gasteiger partial charge in [0.2, 0.25) is 0 Å². The first kappa shape index (κ1) is 15.9. The molecule has 0 aliphatic carbocycles. The molecule has 2 N–H and O–H groups in total. The Kier molecular flexibility index (Phi) is 7.98. The van der Waals surface area contributed by atoms with E-state index in [0.29, 0.717) is 12.6 Å². The van der Waals surface area contributed by atoms with E-state index in [1.165, 1.54) is 0 Å². The second-order valence-electron chi connectivity index (χ2n) is 5.21. The van der Waals surface area contributed by atoms with Crippen molar-refractivity contribution in [1.29, 1.82) is 0 Å². The Morgan fingerprint density at radius 3 is 2.38 bits per heavy atom. The Labute approximate surface area is 101 Å². The van der Waals surface area contributed by atoms with Crippen LogP contribution in [0.3, 0.4) is 0 Å². The zero-order valence-corrected chi connectivity index (χ0v) is 11.7. The van der Waals surface area contributed by atoms with Gasteiger partial charge in [-0.25, -0.2) is 0 Å². The van der Waals surface area contributed by atoms with Crippen molar-refractivity contribution in [2.24, 2.45) is 5.41 Å². The van der Waals surface area contributed by atoms with Gasteiger partial charge in [-0.1, -0.05) is 27.7 Å². The van der Waals surface area contributed by atoms with Crippen LogP contribution in [0.25, 0.3) is 0 Å². The van der Waals surface area contributed by atoms with Crippen molar-refractivity contribution in [3.8, 4) is 0 Å². The maximum atomic E-state index is 8.86. The number of aliphatic hydroxyl groups is 1. The van der Waals surface area contributed by atoms with Gasteiger partial charge in [-0.15, -0.1) is 0 Å². The van der Waals surface area contributed by atoms with Crippen LogP contribution in [-0.4, -0.2) is 48.8 Å². The van der Waals surface area contributed by atoms with E-state index in [4.69, 9.17) is 5.11 Å². The van der Waals surface area contributed by atoms with E-state index in [1.54, 1.807) is 0 Å². The molecule has 0 aliphatic rings. The molecule has 0 aromatic carbocycles. The summed E-state index contributed by atoms with van der Waals surface area (Å²) in [5.74, 6) is 0. The van der Waals surface area contributed by atoms with Crippen molar-refractivity contribution in [2.45, 2.75) is 47.1 Å². The number of hydrogen-bond acceptors (Lipinski definition) is 3. The molecule has 0 saturated carbocycles. The Balaban J connectivity index is 4.18. The fourth-order valence-corrected chi connectivity index (χ4v) is 1.94. The molecule has 0 aliphatic heterocycles. The van der Waals surface area contributed by atoms with Crippen molar-refractivity contribution in [1.82, 2.24) is 10.2 Å². The molecular weight excluding hydrogens is 200 g/mol. The van der Waals surface area contributed by atoms with Gasteiger partial charge in [-0.3, -0.25) is 0 Å². The standard InChI is InChI=1S/C13H30N2O/c1-6-14-12(3)13(4,5)11-15(7-2)9-8-10-16/h12,14,16H,6-11H2,1-5H3. The SMILES string of the molecule is CCNC(C)C(C)(C)CN(CC)CCCO. The van der Waals surface area contributed by atoms with Crippen LogP contribution in [0.2, 0.25) is 0 Å². The first-order valence-electron chi connectivity index (χ1n) is 6.54. The summed E-state index contributed by atoms with van der Waals surface area (Å²) >= 11 is 0. The maximum Gasteiger partial charge on any atom is 0.0443 e.